The van der Waals surface area contributed by atoms with Gasteiger partial charge in [-0.25, -0.2) is 4.39 Å². The lowest BCUT2D eigenvalue weighted by atomic mass is 9.72. The minimum absolute atomic E-state index is 0.141. The fourth-order valence-electron chi connectivity index (χ4n) is 4.57. The third kappa shape index (κ3) is 4.34. The van der Waals surface area contributed by atoms with E-state index in [4.69, 9.17) is 11.6 Å². The first kappa shape index (κ1) is 20.0. The Labute approximate surface area is 178 Å². The van der Waals surface area contributed by atoms with Crippen LogP contribution < -0.4 is 0 Å². The lowest BCUT2D eigenvalue weighted by molar-refractivity contribution is 0.382. The highest BCUT2D eigenvalue weighted by Gasteiger charge is 2.29. The molecular weight excluding hydrogens is 379 g/mol. The maximum Gasteiger partial charge on any atom is 0.143 e. The summed E-state index contributed by atoms with van der Waals surface area (Å²) in [6, 6.07) is 17.9. The fraction of sp³-hybridized carbons (Fsp3) is 0.333. The molecular formula is C27H26ClF. The van der Waals surface area contributed by atoms with Crippen molar-refractivity contribution >= 4 is 22.4 Å². The zero-order valence-corrected chi connectivity index (χ0v) is 17.6. The van der Waals surface area contributed by atoms with Crippen LogP contribution in [0.1, 0.15) is 61.6 Å². The van der Waals surface area contributed by atoms with Crippen LogP contribution in [-0.4, -0.2) is 0 Å². The first-order chi connectivity index (χ1) is 14.2. The molecule has 3 aromatic carbocycles. The molecule has 148 valence electrons. The number of benzene rings is 3. The highest BCUT2D eigenvalue weighted by molar-refractivity contribution is 6.30. The van der Waals surface area contributed by atoms with E-state index in [1.54, 1.807) is 12.1 Å². The van der Waals surface area contributed by atoms with Crippen LogP contribution in [0, 0.1) is 23.6 Å². The van der Waals surface area contributed by atoms with Crippen molar-refractivity contribution in [2.24, 2.45) is 5.92 Å². The minimum atomic E-state index is -0.409. The van der Waals surface area contributed by atoms with E-state index in [-0.39, 0.29) is 10.9 Å². The van der Waals surface area contributed by atoms with Crippen LogP contribution in [0.15, 0.2) is 54.6 Å². The minimum Gasteiger partial charge on any atom is -0.205 e. The van der Waals surface area contributed by atoms with Gasteiger partial charge in [0.25, 0.3) is 0 Å². The summed E-state index contributed by atoms with van der Waals surface area (Å²) in [5.41, 5.74) is 3.49. The summed E-state index contributed by atoms with van der Waals surface area (Å²) in [6.07, 6.45) is 7.23. The molecule has 0 saturated heterocycles. The second kappa shape index (κ2) is 9.02. The molecule has 0 heterocycles. The molecule has 29 heavy (non-hydrogen) atoms. The van der Waals surface area contributed by atoms with E-state index in [1.165, 1.54) is 60.1 Å². The Morgan fingerprint density at radius 2 is 1.93 bits per heavy atom. The van der Waals surface area contributed by atoms with Crippen molar-refractivity contribution in [2.45, 2.75) is 51.4 Å². The van der Waals surface area contributed by atoms with Crippen molar-refractivity contribution in [3.8, 4) is 11.8 Å². The topological polar surface area (TPSA) is 0 Å². The summed E-state index contributed by atoms with van der Waals surface area (Å²) in [5, 5.41) is 2.78. The van der Waals surface area contributed by atoms with Gasteiger partial charge in [-0.3, -0.25) is 0 Å². The Hall–Kier alpha value is -2.30. The van der Waals surface area contributed by atoms with Crippen LogP contribution >= 0.6 is 11.6 Å². The van der Waals surface area contributed by atoms with Crippen molar-refractivity contribution in [1.29, 1.82) is 0 Å². The molecule has 0 saturated carbocycles. The highest BCUT2D eigenvalue weighted by Crippen LogP contribution is 2.41. The molecule has 0 aliphatic heterocycles. The summed E-state index contributed by atoms with van der Waals surface area (Å²) >= 11 is 5.82. The van der Waals surface area contributed by atoms with E-state index in [2.05, 4.69) is 55.2 Å². The van der Waals surface area contributed by atoms with E-state index in [9.17, 15) is 4.39 Å². The first-order valence-electron chi connectivity index (χ1n) is 10.6. The first-order valence-corrected chi connectivity index (χ1v) is 11.0. The summed E-state index contributed by atoms with van der Waals surface area (Å²) < 4.78 is 13.8. The summed E-state index contributed by atoms with van der Waals surface area (Å²) in [4.78, 5) is 0. The Morgan fingerprint density at radius 1 is 1.07 bits per heavy atom. The molecule has 0 aromatic heterocycles. The lowest BCUT2D eigenvalue weighted by Crippen LogP contribution is -2.20. The van der Waals surface area contributed by atoms with E-state index in [0.29, 0.717) is 11.5 Å². The standard InChI is InChI=1S/C27H26ClF/c1-2-3-4-7-21-13-15-24-22-9-6-5-8-20(22)12-16-25(24)23(21)14-10-19-11-17-26(28)27(29)18-19/h5-6,8-9,11-12,16-18,21,23H,2-4,7,13,15H2,1H3/t21-,23+/m1/s1. The van der Waals surface area contributed by atoms with Gasteiger partial charge in [-0.15, -0.1) is 0 Å². The van der Waals surface area contributed by atoms with E-state index in [1.807, 2.05) is 0 Å². The normalized spacial score (nSPS) is 18.2. The molecule has 0 amide bonds. The maximum absolute atomic E-state index is 13.8. The van der Waals surface area contributed by atoms with Gasteiger partial charge in [-0.1, -0.05) is 86.0 Å². The number of hydrogen-bond acceptors (Lipinski definition) is 0. The van der Waals surface area contributed by atoms with Gasteiger partial charge in [-0.2, -0.15) is 0 Å². The second-order valence-corrected chi connectivity index (χ2v) is 8.43. The van der Waals surface area contributed by atoms with Crippen LogP contribution in [0.2, 0.25) is 5.02 Å². The van der Waals surface area contributed by atoms with Crippen LogP contribution in [0.4, 0.5) is 4.39 Å². The van der Waals surface area contributed by atoms with Gasteiger partial charge in [0.2, 0.25) is 0 Å². The van der Waals surface area contributed by atoms with Crippen molar-refractivity contribution in [3.63, 3.8) is 0 Å². The molecule has 0 spiro atoms. The lowest BCUT2D eigenvalue weighted by Gasteiger charge is -2.31. The molecule has 0 bridgehead atoms. The van der Waals surface area contributed by atoms with Crippen molar-refractivity contribution in [3.05, 3.63) is 82.1 Å². The molecule has 0 radical (unpaired) electrons. The van der Waals surface area contributed by atoms with Crippen molar-refractivity contribution in [1.82, 2.24) is 0 Å². The van der Waals surface area contributed by atoms with Crippen molar-refractivity contribution in [2.75, 3.05) is 0 Å². The molecule has 0 nitrogen and oxygen atoms in total. The number of unbranched alkanes of at least 4 members (excludes halogenated alkanes) is 2. The van der Waals surface area contributed by atoms with Crippen LogP contribution in [0.5, 0.6) is 0 Å². The molecule has 0 fully saturated rings. The third-order valence-corrected chi connectivity index (χ3v) is 6.43. The second-order valence-electron chi connectivity index (χ2n) is 8.02. The molecule has 1 aliphatic carbocycles. The summed E-state index contributed by atoms with van der Waals surface area (Å²) in [6.45, 7) is 2.24. The average molecular weight is 405 g/mol. The predicted octanol–water partition coefficient (Wildman–Crippen LogP) is 7.91. The van der Waals surface area contributed by atoms with Gasteiger partial charge in [0, 0.05) is 11.5 Å². The number of fused-ring (bicyclic) bond motifs is 3. The predicted molar refractivity (Wildman–Crippen MR) is 121 cm³/mol. The third-order valence-electron chi connectivity index (χ3n) is 6.12. The molecule has 2 atom stereocenters. The number of rotatable bonds is 4. The number of hydrogen-bond donors (Lipinski definition) is 0. The van der Waals surface area contributed by atoms with Gasteiger partial charge in [0.15, 0.2) is 0 Å². The monoisotopic (exact) mass is 404 g/mol. The quantitative estimate of drug-likeness (QED) is 0.306. The number of halogens is 2. The van der Waals surface area contributed by atoms with Gasteiger partial charge in [0.1, 0.15) is 5.82 Å². The van der Waals surface area contributed by atoms with Crippen molar-refractivity contribution < 1.29 is 4.39 Å². The van der Waals surface area contributed by atoms with E-state index >= 15 is 0 Å². The van der Waals surface area contributed by atoms with Gasteiger partial charge >= 0.3 is 0 Å². The summed E-state index contributed by atoms with van der Waals surface area (Å²) in [5.74, 6) is 7.11. The SMILES string of the molecule is CCCCC[C@@H]1CCc2c(ccc3ccccc23)[C@H]1C#Cc1ccc(Cl)c(F)c1. The largest absolute Gasteiger partial charge is 0.205 e. The molecule has 4 rings (SSSR count). The van der Waals surface area contributed by atoms with Gasteiger partial charge < -0.3 is 0 Å². The van der Waals surface area contributed by atoms with E-state index in [0.717, 1.165) is 6.42 Å². The summed E-state index contributed by atoms with van der Waals surface area (Å²) in [7, 11) is 0. The zero-order valence-electron chi connectivity index (χ0n) is 16.8. The molecule has 2 heteroatoms. The average Bonchev–Trinajstić information content (AvgIpc) is 2.75. The zero-order chi connectivity index (χ0) is 20.2. The Balaban J connectivity index is 1.73. The molecule has 0 N–H and O–H groups in total. The van der Waals surface area contributed by atoms with E-state index < -0.39 is 5.82 Å². The molecule has 1 aliphatic rings. The Morgan fingerprint density at radius 3 is 2.76 bits per heavy atom. The van der Waals surface area contributed by atoms with Gasteiger partial charge in [-0.05, 0) is 65.3 Å². The maximum atomic E-state index is 13.8. The van der Waals surface area contributed by atoms with Crippen LogP contribution in [0.25, 0.3) is 10.8 Å². The number of aryl methyl sites for hydroxylation is 1. The highest BCUT2D eigenvalue weighted by atomic mass is 35.5. The smallest absolute Gasteiger partial charge is 0.143 e. The Bertz CT molecular complexity index is 1070. The van der Waals surface area contributed by atoms with Crippen LogP contribution in [-0.2, 0) is 6.42 Å². The van der Waals surface area contributed by atoms with Crippen LogP contribution in [0.3, 0.4) is 0 Å². The molecule has 0 unspecified atom stereocenters. The molecule has 3 aromatic rings. The Kier molecular flexibility index (Phi) is 6.22. The van der Waals surface area contributed by atoms with Gasteiger partial charge in [0.05, 0.1) is 5.02 Å². The fourth-order valence-corrected chi connectivity index (χ4v) is 4.69.